The van der Waals surface area contributed by atoms with Crippen molar-refractivity contribution >= 4 is 21.6 Å². The van der Waals surface area contributed by atoms with Crippen LogP contribution in [-0.4, -0.2) is 37.8 Å². The first-order valence-corrected chi connectivity index (χ1v) is 10.2. The van der Waals surface area contributed by atoms with Crippen LogP contribution in [0.1, 0.15) is 49.4 Å². The molecule has 1 saturated carbocycles. The van der Waals surface area contributed by atoms with Crippen LogP contribution < -0.4 is 10.0 Å². The Labute approximate surface area is 143 Å². The van der Waals surface area contributed by atoms with Gasteiger partial charge in [0.1, 0.15) is 0 Å². The minimum absolute atomic E-state index is 0.143. The maximum atomic E-state index is 12.4. The summed E-state index contributed by atoms with van der Waals surface area (Å²) in [4.78, 5) is 12.4. The molecule has 24 heavy (non-hydrogen) atoms. The first-order chi connectivity index (χ1) is 11.2. The number of carbonyl (C=O) groups is 1. The van der Waals surface area contributed by atoms with E-state index in [9.17, 15) is 18.3 Å². The Hall–Kier alpha value is -1.60. The average Bonchev–Trinajstić information content (AvgIpc) is 2.52. The van der Waals surface area contributed by atoms with Gasteiger partial charge in [0.2, 0.25) is 10.0 Å². The first kappa shape index (κ1) is 18.7. The van der Waals surface area contributed by atoms with Crippen molar-refractivity contribution in [1.29, 1.82) is 0 Å². The van der Waals surface area contributed by atoms with E-state index in [1.807, 2.05) is 0 Å². The summed E-state index contributed by atoms with van der Waals surface area (Å²) in [5.41, 5.74) is -0.493. The van der Waals surface area contributed by atoms with Crippen LogP contribution in [0.15, 0.2) is 24.3 Å². The zero-order valence-electron chi connectivity index (χ0n) is 14.2. The molecule has 1 fully saturated rings. The predicted octanol–water partition coefficient (Wildman–Crippen LogP) is 2.12. The number of anilines is 1. The highest BCUT2D eigenvalue weighted by atomic mass is 32.2. The van der Waals surface area contributed by atoms with E-state index in [-0.39, 0.29) is 23.7 Å². The highest BCUT2D eigenvalue weighted by Gasteiger charge is 2.33. The largest absolute Gasteiger partial charge is 0.388 e. The van der Waals surface area contributed by atoms with Gasteiger partial charge in [-0.3, -0.25) is 9.52 Å². The molecule has 1 aliphatic rings. The fraction of sp³-hybridized carbons (Fsp3) is 0.588. The Morgan fingerprint density at radius 2 is 1.88 bits per heavy atom. The van der Waals surface area contributed by atoms with Gasteiger partial charge >= 0.3 is 0 Å². The van der Waals surface area contributed by atoms with Gasteiger partial charge in [0.05, 0.1) is 23.1 Å². The summed E-state index contributed by atoms with van der Waals surface area (Å²) in [6, 6.07) is 6.41. The summed E-state index contributed by atoms with van der Waals surface area (Å²) < 4.78 is 25.2. The van der Waals surface area contributed by atoms with Crippen LogP contribution in [0.2, 0.25) is 0 Å². The lowest BCUT2D eigenvalue weighted by Gasteiger charge is -2.35. The number of sulfonamides is 1. The fourth-order valence-corrected chi connectivity index (χ4v) is 3.77. The SMILES string of the molecule is CC(O)(CNC(=O)c1ccccc1NS(C)(=O)=O)C1CCCCC1. The van der Waals surface area contributed by atoms with Crippen LogP contribution in [0.4, 0.5) is 5.69 Å². The van der Waals surface area contributed by atoms with Crippen LogP contribution in [0.25, 0.3) is 0 Å². The number of nitrogens with one attached hydrogen (secondary N) is 2. The Bertz CT molecular complexity index is 680. The van der Waals surface area contributed by atoms with Crippen molar-refractivity contribution in [2.45, 2.75) is 44.6 Å². The van der Waals surface area contributed by atoms with Crippen molar-refractivity contribution in [2.24, 2.45) is 5.92 Å². The zero-order valence-corrected chi connectivity index (χ0v) is 15.0. The molecule has 0 bridgehead atoms. The topological polar surface area (TPSA) is 95.5 Å². The molecule has 1 aliphatic carbocycles. The second-order valence-electron chi connectivity index (χ2n) is 6.79. The molecule has 0 aliphatic heterocycles. The third-order valence-corrected chi connectivity index (χ3v) is 5.15. The molecule has 134 valence electrons. The molecule has 6 nitrogen and oxygen atoms in total. The Morgan fingerprint density at radius 3 is 2.50 bits per heavy atom. The van der Waals surface area contributed by atoms with Crippen molar-refractivity contribution < 1.29 is 18.3 Å². The second-order valence-corrected chi connectivity index (χ2v) is 8.54. The molecule has 1 unspecified atom stereocenters. The third-order valence-electron chi connectivity index (χ3n) is 4.56. The van der Waals surface area contributed by atoms with Gasteiger partial charge in [-0.25, -0.2) is 8.42 Å². The summed E-state index contributed by atoms with van der Waals surface area (Å²) in [5.74, 6) is -0.228. The summed E-state index contributed by atoms with van der Waals surface area (Å²) in [6.07, 6.45) is 6.38. The zero-order chi connectivity index (χ0) is 17.8. The van der Waals surface area contributed by atoms with E-state index in [1.54, 1.807) is 25.1 Å². The van der Waals surface area contributed by atoms with Crippen LogP contribution >= 0.6 is 0 Å². The molecule has 0 saturated heterocycles. The Kier molecular flexibility index (Phi) is 5.87. The highest BCUT2D eigenvalue weighted by Crippen LogP contribution is 2.32. The molecule has 0 heterocycles. The number of hydrogen-bond acceptors (Lipinski definition) is 4. The van der Waals surface area contributed by atoms with E-state index in [0.29, 0.717) is 0 Å². The van der Waals surface area contributed by atoms with Crippen LogP contribution in [0.3, 0.4) is 0 Å². The average molecular weight is 354 g/mol. The fourth-order valence-electron chi connectivity index (χ4n) is 3.19. The number of hydrogen-bond donors (Lipinski definition) is 3. The van der Waals surface area contributed by atoms with Gasteiger partial charge in [-0.05, 0) is 37.8 Å². The predicted molar refractivity (Wildman–Crippen MR) is 94.4 cm³/mol. The molecule has 0 radical (unpaired) electrons. The number of para-hydroxylation sites is 1. The van der Waals surface area contributed by atoms with E-state index >= 15 is 0 Å². The number of amides is 1. The van der Waals surface area contributed by atoms with E-state index in [0.717, 1.165) is 31.9 Å². The lowest BCUT2D eigenvalue weighted by molar-refractivity contribution is -0.0143. The van der Waals surface area contributed by atoms with Crippen molar-refractivity contribution in [3.05, 3.63) is 29.8 Å². The molecule has 0 aromatic heterocycles. The monoisotopic (exact) mass is 354 g/mol. The second kappa shape index (κ2) is 7.53. The molecule has 1 amide bonds. The van der Waals surface area contributed by atoms with Gasteiger partial charge in [-0.1, -0.05) is 31.4 Å². The van der Waals surface area contributed by atoms with Crippen molar-refractivity contribution in [2.75, 3.05) is 17.5 Å². The van der Waals surface area contributed by atoms with Gasteiger partial charge < -0.3 is 10.4 Å². The Balaban J connectivity index is 2.04. The smallest absolute Gasteiger partial charge is 0.253 e. The number of rotatable bonds is 6. The van der Waals surface area contributed by atoms with Crippen LogP contribution in [0.5, 0.6) is 0 Å². The van der Waals surface area contributed by atoms with E-state index in [1.165, 1.54) is 12.5 Å². The normalized spacial score (nSPS) is 18.6. The number of aliphatic hydroxyl groups is 1. The highest BCUT2D eigenvalue weighted by molar-refractivity contribution is 7.92. The van der Waals surface area contributed by atoms with Gasteiger partial charge in [0.15, 0.2) is 0 Å². The van der Waals surface area contributed by atoms with Crippen molar-refractivity contribution in [3.8, 4) is 0 Å². The molecule has 2 rings (SSSR count). The lowest BCUT2D eigenvalue weighted by atomic mass is 9.78. The summed E-state index contributed by atoms with van der Waals surface area (Å²) in [7, 11) is -3.47. The number of benzene rings is 1. The molecule has 1 aromatic carbocycles. The maximum absolute atomic E-state index is 12.4. The molecule has 1 aromatic rings. The van der Waals surface area contributed by atoms with Gasteiger partial charge in [-0.15, -0.1) is 0 Å². The number of carbonyl (C=O) groups excluding carboxylic acids is 1. The molecule has 1 atom stereocenters. The molecule has 0 spiro atoms. The minimum atomic E-state index is -3.47. The molecular formula is C17H26N2O4S. The molecular weight excluding hydrogens is 328 g/mol. The van der Waals surface area contributed by atoms with Crippen molar-refractivity contribution in [3.63, 3.8) is 0 Å². The van der Waals surface area contributed by atoms with Crippen LogP contribution in [0, 0.1) is 5.92 Å². The van der Waals surface area contributed by atoms with Gasteiger partial charge in [0.25, 0.3) is 5.91 Å². The van der Waals surface area contributed by atoms with Crippen molar-refractivity contribution in [1.82, 2.24) is 5.32 Å². The van der Waals surface area contributed by atoms with E-state index in [4.69, 9.17) is 0 Å². The summed E-state index contributed by atoms with van der Waals surface area (Å²) in [6.45, 7) is 1.90. The van der Waals surface area contributed by atoms with Crippen LogP contribution in [-0.2, 0) is 10.0 Å². The molecule has 7 heteroatoms. The molecule has 3 N–H and O–H groups in total. The first-order valence-electron chi connectivity index (χ1n) is 8.26. The summed E-state index contributed by atoms with van der Waals surface area (Å²) >= 11 is 0. The minimum Gasteiger partial charge on any atom is -0.388 e. The summed E-state index contributed by atoms with van der Waals surface area (Å²) in [5, 5.41) is 13.4. The maximum Gasteiger partial charge on any atom is 0.253 e. The quantitative estimate of drug-likeness (QED) is 0.729. The third kappa shape index (κ3) is 5.21. The standard InChI is InChI=1S/C17H26N2O4S/c1-17(21,13-8-4-3-5-9-13)12-18-16(20)14-10-6-7-11-15(14)19-24(2,22)23/h6-7,10-11,13,19,21H,3-5,8-9,12H2,1-2H3,(H,18,20). The van der Waals surface area contributed by atoms with Gasteiger partial charge in [0, 0.05) is 6.54 Å². The van der Waals surface area contributed by atoms with Gasteiger partial charge in [-0.2, -0.15) is 0 Å². The Morgan fingerprint density at radius 1 is 1.25 bits per heavy atom. The van der Waals surface area contributed by atoms with E-state index in [2.05, 4.69) is 10.0 Å². The van der Waals surface area contributed by atoms with E-state index < -0.39 is 21.5 Å². The lowest BCUT2D eigenvalue weighted by Crippen LogP contribution is -2.46.